The maximum Gasteiger partial charge on any atom is 0.119 e. The molecular formula is C18H24N2O2. The maximum atomic E-state index is 10.3. The highest BCUT2D eigenvalue weighted by Crippen LogP contribution is 2.34. The van der Waals surface area contributed by atoms with E-state index in [0.717, 1.165) is 0 Å². The van der Waals surface area contributed by atoms with Gasteiger partial charge in [-0.05, 0) is 49.9 Å². The number of hydrogen-bond acceptors (Lipinski definition) is 4. The summed E-state index contributed by atoms with van der Waals surface area (Å²) < 4.78 is 5.64. The van der Waals surface area contributed by atoms with Crippen LogP contribution < -0.4 is 4.74 Å². The summed E-state index contributed by atoms with van der Waals surface area (Å²) in [6.07, 6.45) is 7.30. The van der Waals surface area contributed by atoms with Crippen LogP contribution in [0.25, 0.3) is 0 Å². The molecule has 2 aliphatic carbocycles. The van der Waals surface area contributed by atoms with Crippen LogP contribution >= 0.6 is 0 Å². The molecule has 22 heavy (non-hydrogen) atoms. The quantitative estimate of drug-likeness (QED) is 0.841. The summed E-state index contributed by atoms with van der Waals surface area (Å²) in [4.78, 5) is 2.51. The fraction of sp³-hybridized carbons (Fsp3) is 0.611. The van der Waals surface area contributed by atoms with Crippen molar-refractivity contribution in [2.24, 2.45) is 0 Å². The summed E-state index contributed by atoms with van der Waals surface area (Å²) >= 11 is 0. The average molecular weight is 300 g/mol. The number of nitriles is 1. The second kappa shape index (κ2) is 7.13. The van der Waals surface area contributed by atoms with Crippen molar-refractivity contribution in [1.29, 1.82) is 5.26 Å². The smallest absolute Gasteiger partial charge is 0.119 e. The Hall–Kier alpha value is -1.57. The summed E-state index contributed by atoms with van der Waals surface area (Å²) in [6.45, 7) is 1.02. The Morgan fingerprint density at radius 3 is 2.36 bits per heavy atom. The number of aliphatic hydroxyl groups excluding tert-OH is 1. The predicted molar refractivity (Wildman–Crippen MR) is 84.6 cm³/mol. The van der Waals surface area contributed by atoms with Gasteiger partial charge < -0.3 is 9.84 Å². The van der Waals surface area contributed by atoms with Crippen LogP contribution in [0.15, 0.2) is 24.3 Å². The maximum absolute atomic E-state index is 10.3. The summed E-state index contributed by atoms with van der Waals surface area (Å²) in [6, 6.07) is 10.5. The minimum absolute atomic E-state index is 0.307. The zero-order valence-electron chi connectivity index (χ0n) is 12.9. The first kappa shape index (κ1) is 15.3. The van der Waals surface area contributed by atoms with Crippen molar-refractivity contribution in [2.45, 2.75) is 56.7 Å². The number of ether oxygens (including phenoxy) is 1. The molecule has 0 radical (unpaired) electrons. The fourth-order valence-corrected chi connectivity index (χ4v) is 3.35. The number of rotatable bonds is 7. The van der Waals surface area contributed by atoms with E-state index in [1.807, 2.05) is 0 Å². The van der Waals surface area contributed by atoms with E-state index < -0.39 is 6.10 Å². The standard InChI is InChI=1S/C18H24N2O2/c19-11-14-5-9-18(10-6-14)22-13-17(21)12-20(16-7-8-16)15-3-1-2-4-15/h5-6,9-10,15-17,21H,1-4,7-8,12-13H2. The van der Waals surface area contributed by atoms with Crippen LogP contribution in [-0.4, -0.2) is 41.3 Å². The van der Waals surface area contributed by atoms with Gasteiger partial charge in [-0.25, -0.2) is 0 Å². The molecule has 0 bridgehead atoms. The van der Waals surface area contributed by atoms with E-state index in [0.29, 0.717) is 36.5 Å². The molecule has 0 heterocycles. The van der Waals surface area contributed by atoms with Gasteiger partial charge in [-0.1, -0.05) is 12.8 Å². The molecule has 4 nitrogen and oxygen atoms in total. The third-order valence-corrected chi connectivity index (χ3v) is 4.66. The van der Waals surface area contributed by atoms with Gasteiger partial charge in [-0.2, -0.15) is 5.26 Å². The Labute approximate surface area is 132 Å². The third-order valence-electron chi connectivity index (χ3n) is 4.66. The van der Waals surface area contributed by atoms with Gasteiger partial charge in [-0.15, -0.1) is 0 Å². The molecule has 2 saturated carbocycles. The molecule has 4 heteroatoms. The summed E-state index contributed by atoms with van der Waals surface area (Å²) in [5.41, 5.74) is 0.619. The lowest BCUT2D eigenvalue weighted by Gasteiger charge is -2.30. The molecule has 0 spiro atoms. The Morgan fingerprint density at radius 1 is 1.14 bits per heavy atom. The topological polar surface area (TPSA) is 56.5 Å². The molecule has 1 unspecified atom stereocenters. The molecule has 1 atom stereocenters. The molecule has 3 rings (SSSR count). The van der Waals surface area contributed by atoms with Crippen molar-refractivity contribution in [3.63, 3.8) is 0 Å². The zero-order valence-corrected chi connectivity index (χ0v) is 12.9. The van der Waals surface area contributed by atoms with Crippen molar-refractivity contribution in [2.75, 3.05) is 13.2 Å². The molecule has 2 aliphatic rings. The SMILES string of the molecule is N#Cc1ccc(OCC(O)CN(C2CCCC2)C2CC2)cc1. The molecule has 1 aromatic rings. The van der Waals surface area contributed by atoms with Crippen LogP contribution in [0.3, 0.4) is 0 Å². The lowest BCUT2D eigenvalue weighted by atomic mass is 10.2. The van der Waals surface area contributed by atoms with E-state index in [9.17, 15) is 5.11 Å². The Morgan fingerprint density at radius 2 is 1.77 bits per heavy atom. The van der Waals surface area contributed by atoms with Crippen LogP contribution in [0.5, 0.6) is 5.75 Å². The molecule has 0 aromatic heterocycles. The predicted octanol–water partition coefficient (Wildman–Crippen LogP) is 2.70. The van der Waals surface area contributed by atoms with Gasteiger partial charge in [0.15, 0.2) is 0 Å². The van der Waals surface area contributed by atoms with Crippen LogP contribution in [0.1, 0.15) is 44.1 Å². The van der Waals surface area contributed by atoms with Gasteiger partial charge >= 0.3 is 0 Å². The lowest BCUT2D eigenvalue weighted by molar-refractivity contribution is 0.0490. The van der Waals surface area contributed by atoms with Gasteiger partial charge in [0, 0.05) is 18.6 Å². The molecule has 118 valence electrons. The largest absolute Gasteiger partial charge is 0.491 e. The minimum Gasteiger partial charge on any atom is -0.491 e. The first-order valence-corrected chi connectivity index (χ1v) is 8.33. The van der Waals surface area contributed by atoms with Gasteiger partial charge in [0.25, 0.3) is 0 Å². The highest BCUT2D eigenvalue weighted by molar-refractivity contribution is 5.34. The Kier molecular flexibility index (Phi) is 4.97. The van der Waals surface area contributed by atoms with Crippen LogP contribution in [-0.2, 0) is 0 Å². The molecule has 1 aromatic carbocycles. The lowest BCUT2D eigenvalue weighted by Crippen LogP contribution is -2.42. The van der Waals surface area contributed by atoms with Gasteiger partial charge in [0.05, 0.1) is 11.6 Å². The van der Waals surface area contributed by atoms with Crippen molar-refractivity contribution in [3.8, 4) is 11.8 Å². The molecule has 2 fully saturated rings. The first-order chi connectivity index (χ1) is 10.8. The van der Waals surface area contributed by atoms with Gasteiger partial charge in [0.2, 0.25) is 0 Å². The molecule has 1 N–H and O–H groups in total. The minimum atomic E-state index is -0.461. The van der Waals surface area contributed by atoms with Crippen LogP contribution in [0, 0.1) is 11.3 Å². The Balaban J connectivity index is 1.48. The molecule has 0 aliphatic heterocycles. The third kappa shape index (κ3) is 4.00. The van der Waals surface area contributed by atoms with E-state index in [1.54, 1.807) is 24.3 Å². The van der Waals surface area contributed by atoms with E-state index in [4.69, 9.17) is 10.00 Å². The second-order valence-electron chi connectivity index (χ2n) is 6.47. The highest BCUT2D eigenvalue weighted by atomic mass is 16.5. The van der Waals surface area contributed by atoms with Crippen molar-refractivity contribution in [1.82, 2.24) is 4.90 Å². The van der Waals surface area contributed by atoms with E-state index in [-0.39, 0.29) is 0 Å². The number of nitrogens with zero attached hydrogens (tertiary/aromatic N) is 2. The monoisotopic (exact) mass is 300 g/mol. The highest BCUT2D eigenvalue weighted by Gasteiger charge is 2.36. The van der Waals surface area contributed by atoms with E-state index >= 15 is 0 Å². The van der Waals surface area contributed by atoms with Crippen molar-refractivity contribution >= 4 is 0 Å². The summed E-state index contributed by atoms with van der Waals surface area (Å²) in [5, 5.41) is 19.1. The number of benzene rings is 1. The molecule has 0 amide bonds. The molecular weight excluding hydrogens is 276 g/mol. The summed E-state index contributed by atoms with van der Waals surface area (Å²) in [7, 11) is 0. The molecule has 0 saturated heterocycles. The fourth-order valence-electron chi connectivity index (χ4n) is 3.35. The second-order valence-corrected chi connectivity index (χ2v) is 6.47. The van der Waals surface area contributed by atoms with Gasteiger partial charge in [0.1, 0.15) is 18.5 Å². The number of aliphatic hydroxyl groups is 1. The van der Waals surface area contributed by atoms with Crippen LogP contribution in [0.4, 0.5) is 0 Å². The Bertz CT molecular complexity index is 513. The zero-order chi connectivity index (χ0) is 15.4. The average Bonchev–Trinajstić information content (AvgIpc) is 3.25. The van der Waals surface area contributed by atoms with Gasteiger partial charge in [-0.3, -0.25) is 4.90 Å². The van der Waals surface area contributed by atoms with Crippen molar-refractivity contribution in [3.05, 3.63) is 29.8 Å². The first-order valence-electron chi connectivity index (χ1n) is 8.33. The van der Waals surface area contributed by atoms with Crippen molar-refractivity contribution < 1.29 is 9.84 Å². The van der Waals surface area contributed by atoms with Crippen LogP contribution in [0.2, 0.25) is 0 Å². The number of hydrogen-bond donors (Lipinski definition) is 1. The normalized spacial score (nSPS) is 20.0. The van der Waals surface area contributed by atoms with E-state index in [1.165, 1.54) is 38.5 Å². The van der Waals surface area contributed by atoms with E-state index in [2.05, 4.69) is 11.0 Å². The summed E-state index contributed by atoms with van der Waals surface area (Å²) in [5.74, 6) is 0.705.